The van der Waals surface area contributed by atoms with Gasteiger partial charge in [0.2, 0.25) is 0 Å². The molecule has 4 nitrogen and oxygen atoms in total. The molecule has 0 aliphatic heterocycles. The van der Waals surface area contributed by atoms with Gasteiger partial charge < -0.3 is 9.64 Å². The third kappa shape index (κ3) is 4.41. The van der Waals surface area contributed by atoms with Gasteiger partial charge in [-0.2, -0.15) is 0 Å². The number of rotatable bonds is 5. The summed E-state index contributed by atoms with van der Waals surface area (Å²) in [5.74, 6) is -0.625. The van der Waals surface area contributed by atoms with E-state index in [-0.39, 0.29) is 12.5 Å². The Bertz CT molecular complexity index is 627. The highest BCUT2D eigenvalue weighted by Crippen LogP contribution is 2.22. The standard InChI is InChI=1S/C15H14BrNO3S/c1-20-14(18)9-17(8-11-5-3-2-4-6-11)15(19)12-7-13(16)21-10-12/h2-7,10H,8-9H2,1H3. The first-order valence-corrected chi connectivity index (χ1v) is 7.91. The van der Waals surface area contributed by atoms with Crippen molar-refractivity contribution in [2.75, 3.05) is 13.7 Å². The summed E-state index contributed by atoms with van der Waals surface area (Å²) >= 11 is 4.77. The molecular formula is C15H14BrNO3S. The molecular weight excluding hydrogens is 354 g/mol. The number of hydrogen-bond acceptors (Lipinski definition) is 4. The van der Waals surface area contributed by atoms with Crippen LogP contribution in [0.4, 0.5) is 0 Å². The summed E-state index contributed by atoms with van der Waals surface area (Å²) in [4.78, 5) is 25.5. The highest BCUT2D eigenvalue weighted by atomic mass is 79.9. The molecule has 110 valence electrons. The highest BCUT2D eigenvalue weighted by molar-refractivity contribution is 9.11. The number of hydrogen-bond donors (Lipinski definition) is 0. The van der Waals surface area contributed by atoms with Gasteiger partial charge in [-0.3, -0.25) is 9.59 Å². The molecule has 0 radical (unpaired) electrons. The van der Waals surface area contributed by atoms with Crippen molar-refractivity contribution in [2.45, 2.75) is 6.54 Å². The lowest BCUT2D eigenvalue weighted by Crippen LogP contribution is -2.35. The summed E-state index contributed by atoms with van der Waals surface area (Å²) in [6, 6.07) is 11.3. The molecule has 0 aliphatic rings. The Hall–Kier alpha value is -1.66. The summed E-state index contributed by atoms with van der Waals surface area (Å²) in [5, 5.41) is 1.77. The van der Waals surface area contributed by atoms with Gasteiger partial charge in [0.05, 0.1) is 16.5 Å². The molecule has 0 bridgehead atoms. The number of carbonyl (C=O) groups excluding carboxylic acids is 2. The van der Waals surface area contributed by atoms with E-state index in [2.05, 4.69) is 20.7 Å². The molecule has 0 saturated carbocycles. The summed E-state index contributed by atoms with van der Waals surface area (Å²) in [6.07, 6.45) is 0. The fourth-order valence-corrected chi connectivity index (χ4v) is 2.96. The number of ether oxygens (including phenoxy) is 1. The van der Waals surface area contributed by atoms with E-state index in [1.165, 1.54) is 23.3 Å². The molecule has 2 aromatic rings. The lowest BCUT2D eigenvalue weighted by atomic mass is 10.2. The predicted octanol–water partition coefficient (Wildman–Crippen LogP) is 3.33. The Morgan fingerprint density at radius 3 is 2.57 bits per heavy atom. The van der Waals surface area contributed by atoms with Crippen molar-refractivity contribution in [1.82, 2.24) is 4.90 Å². The number of benzene rings is 1. The van der Waals surface area contributed by atoms with Crippen molar-refractivity contribution in [3.63, 3.8) is 0 Å². The topological polar surface area (TPSA) is 46.6 Å². The Labute approximate surface area is 135 Å². The van der Waals surface area contributed by atoms with E-state index in [9.17, 15) is 9.59 Å². The van der Waals surface area contributed by atoms with Crippen molar-refractivity contribution in [3.8, 4) is 0 Å². The van der Waals surface area contributed by atoms with Crippen LogP contribution in [0.15, 0.2) is 45.6 Å². The van der Waals surface area contributed by atoms with Crippen LogP contribution in [0.5, 0.6) is 0 Å². The van der Waals surface area contributed by atoms with E-state index in [1.807, 2.05) is 30.3 Å². The predicted molar refractivity (Wildman–Crippen MR) is 85.2 cm³/mol. The van der Waals surface area contributed by atoms with E-state index in [0.29, 0.717) is 12.1 Å². The van der Waals surface area contributed by atoms with Crippen LogP contribution >= 0.6 is 27.3 Å². The average Bonchev–Trinajstić information content (AvgIpc) is 2.93. The molecule has 0 atom stereocenters. The molecule has 0 spiro atoms. The van der Waals surface area contributed by atoms with E-state index in [4.69, 9.17) is 0 Å². The largest absolute Gasteiger partial charge is 0.468 e. The Morgan fingerprint density at radius 2 is 2.00 bits per heavy atom. The Kier molecular flexibility index (Phi) is 5.52. The summed E-state index contributed by atoms with van der Waals surface area (Å²) in [5.41, 5.74) is 1.52. The van der Waals surface area contributed by atoms with Gasteiger partial charge >= 0.3 is 5.97 Å². The van der Waals surface area contributed by atoms with Gasteiger partial charge in [0.15, 0.2) is 0 Å². The third-order valence-corrected chi connectivity index (χ3v) is 4.37. The maximum absolute atomic E-state index is 12.5. The van der Waals surface area contributed by atoms with Crippen molar-refractivity contribution in [1.29, 1.82) is 0 Å². The van der Waals surface area contributed by atoms with Gasteiger partial charge in [-0.05, 0) is 27.6 Å². The Morgan fingerprint density at radius 1 is 1.29 bits per heavy atom. The molecule has 1 aromatic heterocycles. The van der Waals surface area contributed by atoms with Crippen LogP contribution in [0, 0.1) is 0 Å². The normalized spacial score (nSPS) is 10.2. The fraction of sp³-hybridized carbons (Fsp3) is 0.200. The number of methoxy groups -OCH3 is 1. The zero-order valence-corrected chi connectivity index (χ0v) is 13.8. The third-order valence-electron chi connectivity index (χ3n) is 2.87. The quantitative estimate of drug-likeness (QED) is 0.761. The van der Waals surface area contributed by atoms with Crippen LogP contribution in [0.25, 0.3) is 0 Å². The lowest BCUT2D eigenvalue weighted by molar-refractivity contribution is -0.141. The molecule has 0 fully saturated rings. The van der Waals surface area contributed by atoms with Crippen LogP contribution in [-0.4, -0.2) is 30.4 Å². The lowest BCUT2D eigenvalue weighted by Gasteiger charge is -2.21. The van der Waals surface area contributed by atoms with Crippen LogP contribution in [0.1, 0.15) is 15.9 Å². The molecule has 2 rings (SSSR count). The molecule has 0 unspecified atom stereocenters. The van der Waals surface area contributed by atoms with E-state index >= 15 is 0 Å². The highest BCUT2D eigenvalue weighted by Gasteiger charge is 2.20. The molecule has 0 N–H and O–H groups in total. The molecule has 21 heavy (non-hydrogen) atoms. The monoisotopic (exact) mass is 367 g/mol. The Balaban J connectivity index is 2.19. The summed E-state index contributed by atoms with van der Waals surface area (Å²) in [6.45, 7) is 0.292. The second kappa shape index (κ2) is 7.38. The first-order chi connectivity index (χ1) is 10.1. The number of esters is 1. The minimum absolute atomic E-state index is 0.0717. The maximum Gasteiger partial charge on any atom is 0.325 e. The SMILES string of the molecule is COC(=O)CN(Cc1ccccc1)C(=O)c1csc(Br)c1. The van der Waals surface area contributed by atoms with Gasteiger partial charge in [-0.25, -0.2) is 0 Å². The molecule has 6 heteroatoms. The van der Waals surface area contributed by atoms with E-state index in [1.54, 1.807) is 11.4 Å². The van der Waals surface area contributed by atoms with E-state index < -0.39 is 5.97 Å². The van der Waals surface area contributed by atoms with Gasteiger partial charge in [0.1, 0.15) is 6.54 Å². The smallest absolute Gasteiger partial charge is 0.325 e. The molecule has 1 heterocycles. The first kappa shape index (κ1) is 15.7. The van der Waals surface area contributed by atoms with Gasteiger partial charge in [-0.1, -0.05) is 30.3 Å². The molecule has 1 aromatic carbocycles. The van der Waals surface area contributed by atoms with Gasteiger partial charge in [-0.15, -0.1) is 11.3 Å². The first-order valence-electron chi connectivity index (χ1n) is 6.24. The number of amides is 1. The fourth-order valence-electron chi connectivity index (χ4n) is 1.83. The summed E-state index contributed by atoms with van der Waals surface area (Å²) in [7, 11) is 1.31. The molecule has 0 saturated heterocycles. The van der Waals surface area contributed by atoms with Crippen LogP contribution in [-0.2, 0) is 16.1 Å². The number of thiophene rings is 1. The summed E-state index contributed by atoms with van der Waals surface area (Å²) < 4.78 is 5.55. The average molecular weight is 368 g/mol. The van der Waals surface area contributed by atoms with Gasteiger partial charge in [0, 0.05) is 11.9 Å². The van der Waals surface area contributed by atoms with Crippen LogP contribution in [0.2, 0.25) is 0 Å². The van der Waals surface area contributed by atoms with Crippen molar-refractivity contribution >= 4 is 39.1 Å². The van der Waals surface area contributed by atoms with Crippen molar-refractivity contribution < 1.29 is 14.3 Å². The minimum atomic E-state index is -0.437. The van der Waals surface area contributed by atoms with E-state index in [0.717, 1.165) is 9.35 Å². The number of carbonyl (C=O) groups is 2. The van der Waals surface area contributed by atoms with Crippen LogP contribution < -0.4 is 0 Å². The minimum Gasteiger partial charge on any atom is -0.468 e. The number of halogens is 1. The zero-order chi connectivity index (χ0) is 15.2. The second-order valence-corrected chi connectivity index (χ2v) is 6.65. The molecule has 0 aliphatic carbocycles. The number of nitrogens with zero attached hydrogens (tertiary/aromatic N) is 1. The van der Waals surface area contributed by atoms with Crippen molar-refractivity contribution in [3.05, 3.63) is 56.7 Å². The second-order valence-electron chi connectivity index (χ2n) is 4.36. The molecule has 1 amide bonds. The zero-order valence-electron chi connectivity index (χ0n) is 11.4. The van der Waals surface area contributed by atoms with Crippen molar-refractivity contribution in [2.24, 2.45) is 0 Å². The van der Waals surface area contributed by atoms with Gasteiger partial charge in [0.25, 0.3) is 5.91 Å². The maximum atomic E-state index is 12.5. The van der Waals surface area contributed by atoms with Crippen LogP contribution in [0.3, 0.4) is 0 Å².